The van der Waals surface area contributed by atoms with Crippen LogP contribution in [0.4, 0.5) is 0 Å². The lowest BCUT2D eigenvalue weighted by atomic mass is 10.1. The molecule has 0 unspecified atom stereocenters. The summed E-state index contributed by atoms with van der Waals surface area (Å²) in [5.41, 5.74) is -0.111. The molecule has 0 aliphatic carbocycles. The maximum absolute atomic E-state index is 7.92. The van der Waals surface area contributed by atoms with Crippen LogP contribution < -0.4 is 10.6 Å². The minimum Gasteiger partial charge on any atom is -0.356 e. The van der Waals surface area contributed by atoms with Gasteiger partial charge in [-0.25, -0.2) is 0 Å². The standard InChI is InChI=1S/C11H16N4/c1-9(12)15-11(13)14-8-7-10-5-3-2-4-6-10/h2-6H,7-8H2,1H3,(H4,12,13,14,15)/i2D,3D,7D2,8D2. The van der Waals surface area contributed by atoms with E-state index in [2.05, 4.69) is 5.32 Å². The molecule has 0 radical (unpaired) electrons. The molecule has 0 aliphatic rings. The Balaban J connectivity index is 3.05. The minimum atomic E-state index is -2.65. The summed E-state index contributed by atoms with van der Waals surface area (Å²) in [6, 6.07) is 3.24. The van der Waals surface area contributed by atoms with Gasteiger partial charge in [-0.05, 0) is 18.9 Å². The number of hydrogen-bond donors (Lipinski definition) is 4. The second-order valence-corrected chi connectivity index (χ2v) is 2.72. The van der Waals surface area contributed by atoms with Gasteiger partial charge in [-0.1, -0.05) is 30.3 Å². The molecule has 4 heteroatoms. The summed E-state index contributed by atoms with van der Waals surface area (Å²) in [7, 11) is 0. The van der Waals surface area contributed by atoms with E-state index >= 15 is 0 Å². The normalized spacial score (nSPS) is 17.1. The fourth-order valence-corrected chi connectivity index (χ4v) is 0.810. The first kappa shape index (κ1) is 5.30. The average Bonchev–Trinajstić information content (AvgIpc) is 2.30. The van der Waals surface area contributed by atoms with Crippen molar-refractivity contribution in [3.05, 3.63) is 35.8 Å². The van der Waals surface area contributed by atoms with E-state index < -0.39 is 18.8 Å². The van der Waals surface area contributed by atoms with E-state index in [4.69, 9.17) is 19.0 Å². The van der Waals surface area contributed by atoms with Crippen LogP contribution in [0.5, 0.6) is 0 Å². The lowest BCUT2D eigenvalue weighted by molar-refractivity contribution is 0.842. The fraction of sp³-hybridized carbons (Fsp3) is 0.273. The highest BCUT2D eigenvalue weighted by Crippen LogP contribution is 1.97. The number of amidine groups is 1. The Labute approximate surface area is 98.2 Å². The van der Waals surface area contributed by atoms with E-state index in [1.165, 1.54) is 19.1 Å². The van der Waals surface area contributed by atoms with Gasteiger partial charge in [0, 0.05) is 12.0 Å². The van der Waals surface area contributed by atoms with Crippen molar-refractivity contribution < 1.29 is 8.22 Å². The van der Waals surface area contributed by atoms with Gasteiger partial charge >= 0.3 is 0 Å². The van der Waals surface area contributed by atoms with Crippen LogP contribution >= 0.6 is 0 Å². The van der Waals surface area contributed by atoms with Crippen LogP contribution in [-0.4, -0.2) is 18.3 Å². The topological polar surface area (TPSA) is 71.8 Å². The van der Waals surface area contributed by atoms with Crippen LogP contribution in [0, 0.1) is 10.8 Å². The highest BCUT2D eigenvalue weighted by molar-refractivity contribution is 5.95. The van der Waals surface area contributed by atoms with Crippen molar-refractivity contribution in [3.63, 3.8) is 0 Å². The largest absolute Gasteiger partial charge is 0.356 e. The number of benzene rings is 1. The quantitative estimate of drug-likeness (QED) is 0.449. The van der Waals surface area contributed by atoms with E-state index in [-0.39, 0.29) is 23.5 Å². The first-order valence-electron chi connectivity index (χ1n) is 7.24. The molecule has 0 spiro atoms. The van der Waals surface area contributed by atoms with Gasteiger partial charge in [0.05, 0.1) is 8.58 Å². The maximum atomic E-state index is 7.92. The number of rotatable bonds is 3. The first-order chi connectivity index (χ1) is 9.47. The molecule has 1 aromatic rings. The molecule has 0 atom stereocenters. The molecule has 1 aromatic carbocycles. The average molecular weight is 210 g/mol. The molecule has 4 nitrogen and oxygen atoms in total. The minimum absolute atomic E-state index is 0.0862. The van der Waals surface area contributed by atoms with Crippen molar-refractivity contribution in [2.24, 2.45) is 0 Å². The molecule has 0 saturated heterocycles. The number of guanidine groups is 1. The molecule has 0 aromatic heterocycles. The van der Waals surface area contributed by atoms with Gasteiger partial charge in [0.15, 0.2) is 5.96 Å². The summed E-state index contributed by atoms with van der Waals surface area (Å²) in [5.74, 6) is -0.629. The third-order valence-corrected chi connectivity index (χ3v) is 1.36. The van der Waals surface area contributed by atoms with Crippen LogP contribution in [0.25, 0.3) is 0 Å². The van der Waals surface area contributed by atoms with Crippen molar-refractivity contribution >= 4 is 11.8 Å². The van der Waals surface area contributed by atoms with Gasteiger partial charge in [-0.2, -0.15) is 0 Å². The Morgan fingerprint density at radius 3 is 2.93 bits per heavy atom. The summed E-state index contributed by atoms with van der Waals surface area (Å²) in [6.07, 6.45) is -2.54. The van der Waals surface area contributed by atoms with Gasteiger partial charge in [0.25, 0.3) is 0 Å². The van der Waals surface area contributed by atoms with Crippen molar-refractivity contribution in [1.29, 1.82) is 10.8 Å². The Morgan fingerprint density at radius 2 is 2.27 bits per heavy atom. The van der Waals surface area contributed by atoms with E-state index in [0.29, 0.717) is 0 Å². The summed E-state index contributed by atoms with van der Waals surface area (Å²) >= 11 is 0. The summed E-state index contributed by atoms with van der Waals surface area (Å²) < 4.78 is 46.3. The molecule has 0 amide bonds. The SMILES string of the molecule is [2H]c1ccc(C([2H])([2H])C([2H])([2H])NC(=N)NC(C)=N)cc1[2H]. The van der Waals surface area contributed by atoms with Crippen LogP contribution in [0.1, 0.15) is 20.7 Å². The highest BCUT2D eigenvalue weighted by Gasteiger charge is 1.95. The van der Waals surface area contributed by atoms with Gasteiger partial charge in [-0.15, -0.1) is 0 Å². The lowest BCUT2D eigenvalue weighted by Gasteiger charge is -2.08. The smallest absolute Gasteiger partial charge is 0.193 e. The Kier molecular flexibility index (Phi) is 2.05. The first-order valence-corrected chi connectivity index (χ1v) is 4.24. The molecule has 80 valence electrons. The van der Waals surface area contributed by atoms with Gasteiger partial charge < -0.3 is 10.6 Å². The monoisotopic (exact) mass is 210 g/mol. The maximum Gasteiger partial charge on any atom is 0.193 e. The second kappa shape index (κ2) is 5.80. The molecule has 0 saturated carbocycles. The van der Waals surface area contributed by atoms with Crippen molar-refractivity contribution in [2.75, 3.05) is 6.50 Å². The second-order valence-electron chi connectivity index (χ2n) is 2.72. The van der Waals surface area contributed by atoms with E-state index in [1.54, 1.807) is 0 Å². The third-order valence-electron chi connectivity index (χ3n) is 1.36. The van der Waals surface area contributed by atoms with Crippen LogP contribution in [0.15, 0.2) is 30.3 Å². The molecule has 0 aliphatic heterocycles. The number of aryl methyl sites for hydroxylation is 1. The van der Waals surface area contributed by atoms with Gasteiger partial charge in [0.2, 0.25) is 0 Å². The molecule has 1 rings (SSSR count). The fourth-order valence-electron chi connectivity index (χ4n) is 0.810. The summed E-state index contributed by atoms with van der Waals surface area (Å²) in [5, 5.41) is 18.9. The lowest BCUT2D eigenvalue weighted by Crippen LogP contribution is -2.39. The third kappa shape index (κ3) is 4.81. The Morgan fingerprint density at radius 1 is 1.47 bits per heavy atom. The zero-order valence-electron chi connectivity index (χ0n) is 14.2. The number of nitrogens with one attached hydrogen (secondary N) is 4. The van der Waals surface area contributed by atoms with Crippen molar-refractivity contribution in [2.45, 2.75) is 13.3 Å². The molecule has 0 heterocycles. The van der Waals surface area contributed by atoms with Crippen LogP contribution in [0.3, 0.4) is 0 Å². The van der Waals surface area contributed by atoms with Crippen LogP contribution in [0.2, 0.25) is 0 Å². The van der Waals surface area contributed by atoms with Crippen molar-refractivity contribution in [3.8, 4) is 0 Å². The Hall–Kier alpha value is -1.84. The molecule has 15 heavy (non-hydrogen) atoms. The van der Waals surface area contributed by atoms with Gasteiger partial charge in [-0.3, -0.25) is 10.8 Å². The summed E-state index contributed by atoms with van der Waals surface area (Å²) in [6.45, 7) is -1.29. The van der Waals surface area contributed by atoms with Crippen molar-refractivity contribution in [1.82, 2.24) is 10.6 Å². The number of hydrogen-bond acceptors (Lipinski definition) is 2. The molecule has 0 bridgehead atoms. The predicted molar refractivity (Wildman–Crippen MR) is 62.4 cm³/mol. The van der Waals surface area contributed by atoms with Crippen LogP contribution in [-0.2, 0) is 6.37 Å². The molecular weight excluding hydrogens is 188 g/mol. The Bertz CT molecular complexity index is 572. The van der Waals surface area contributed by atoms with E-state index in [1.807, 2.05) is 5.32 Å². The molecule has 4 N–H and O–H groups in total. The zero-order chi connectivity index (χ0) is 16.4. The molecule has 0 fully saturated rings. The zero-order valence-corrected chi connectivity index (χ0v) is 8.23. The van der Waals surface area contributed by atoms with E-state index in [9.17, 15) is 0 Å². The van der Waals surface area contributed by atoms with Gasteiger partial charge in [0.1, 0.15) is 0 Å². The van der Waals surface area contributed by atoms with E-state index in [0.717, 1.165) is 6.07 Å². The predicted octanol–water partition coefficient (Wildman–Crippen LogP) is 1.34. The summed E-state index contributed by atoms with van der Waals surface area (Å²) in [4.78, 5) is 0. The highest BCUT2D eigenvalue weighted by atomic mass is 15.1. The molecular formula is C11H16N4.